The predicted molar refractivity (Wildman–Crippen MR) is 64.5 cm³/mol. The summed E-state index contributed by atoms with van der Waals surface area (Å²) >= 11 is 5.84. The van der Waals surface area contributed by atoms with Gasteiger partial charge < -0.3 is 4.90 Å². The van der Waals surface area contributed by atoms with E-state index < -0.39 is 0 Å². The summed E-state index contributed by atoms with van der Waals surface area (Å²) in [5, 5.41) is 0.707. The Hall–Kier alpha value is -0.760. The molecule has 0 aliphatic carbocycles. The molecule has 1 saturated heterocycles. The summed E-state index contributed by atoms with van der Waals surface area (Å²) < 4.78 is 0. The largest absolute Gasteiger partial charge is 0.353 e. The highest BCUT2D eigenvalue weighted by atomic mass is 35.5. The van der Waals surface area contributed by atoms with E-state index in [0.29, 0.717) is 17.0 Å². The van der Waals surface area contributed by atoms with Crippen molar-refractivity contribution in [3.8, 4) is 0 Å². The Morgan fingerprint density at radius 1 is 1.47 bits per heavy atom. The lowest BCUT2D eigenvalue weighted by molar-refractivity contribution is 0.489. The van der Waals surface area contributed by atoms with Crippen LogP contribution in [0.5, 0.6) is 0 Å². The van der Waals surface area contributed by atoms with E-state index >= 15 is 0 Å². The van der Waals surface area contributed by atoms with E-state index in [-0.39, 0.29) is 0 Å². The number of nitrogens with zero attached hydrogens (tertiary/aromatic N) is 2. The molecule has 2 nitrogen and oxygen atoms in total. The van der Waals surface area contributed by atoms with Gasteiger partial charge in [-0.05, 0) is 30.9 Å². The summed E-state index contributed by atoms with van der Waals surface area (Å²) in [7, 11) is 0. The molecule has 1 fully saturated rings. The molecule has 1 atom stereocenters. The highest BCUT2D eigenvalue weighted by Crippen LogP contribution is 2.28. The first-order chi connectivity index (χ1) is 7.18. The molecular formula is C12H17ClN2. The fraction of sp³-hybridized carbons (Fsp3) is 0.583. The minimum absolute atomic E-state index is 0.638. The molecule has 0 N–H and O–H groups in total. The summed E-state index contributed by atoms with van der Waals surface area (Å²) in [6, 6.07) is 4.57. The van der Waals surface area contributed by atoms with Gasteiger partial charge in [0.15, 0.2) is 0 Å². The summed E-state index contributed by atoms with van der Waals surface area (Å²) in [6.07, 6.45) is 4.28. The van der Waals surface area contributed by atoms with Gasteiger partial charge in [-0.25, -0.2) is 4.98 Å². The van der Waals surface area contributed by atoms with Crippen LogP contribution in [0.15, 0.2) is 18.3 Å². The predicted octanol–water partition coefficient (Wildman–Crippen LogP) is 3.36. The maximum Gasteiger partial charge on any atom is 0.128 e. The molecule has 0 saturated carbocycles. The van der Waals surface area contributed by atoms with Crippen molar-refractivity contribution < 1.29 is 0 Å². The minimum Gasteiger partial charge on any atom is -0.353 e. The highest BCUT2D eigenvalue weighted by Gasteiger charge is 2.27. The number of hydrogen-bond donors (Lipinski definition) is 0. The van der Waals surface area contributed by atoms with Gasteiger partial charge >= 0.3 is 0 Å². The van der Waals surface area contributed by atoms with Crippen molar-refractivity contribution in [1.82, 2.24) is 4.98 Å². The summed E-state index contributed by atoms with van der Waals surface area (Å²) in [6.45, 7) is 5.68. The fourth-order valence-electron chi connectivity index (χ4n) is 2.31. The molecule has 1 unspecified atom stereocenters. The Morgan fingerprint density at radius 2 is 2.27 bits per heavy atom. The maximum absolute atomic E-state index is 5.84. The molecule has 2 rings (SSSR count). The zero-order valence-electron chi connectivity index (χ0n) is 9.28. The molecule has 0 radical (unpaired) electrons. The number of hydrogen-bond acceptors (Lipinski definition) is 2. The number of aromatic nitrogens is 1. The molecule has 3 heteroatoms. The van der Waals surface area contributed by atoms with Crippen molar-refractivity contribution in [2.75, 3.05) is 11.4 Å². The van der Waals surface area contributed by atoms with Crippen LogP contribution in [0.1, 0.15) is 26.7 Å². The quantitative estimate of drug-likeness (QED) is 0.766. The van der Waals surface area contributed by atoms with E-state index in [1.807, 2.05) is 12.1 Å². The number of halogens is 1. The number of rotatable bonds is 2. The van der Waals surface area contributed by atoms with E-state index in [1.54, 1.807) is 6.20 Å². The van der Waals surface area contributed by atoms with E-state index in [0.717, 1.165) is 12.4 Å². The van der Waals surface area contributed by atoms with Crippen LogP contribution < -0.4 is 4.90 Å². The normalized spacial score (nSPS) is 21.3. The van der Waals surface area contributed by atoms with E-state index in [2.05, 4.69) is 23.7 Å². The van der Waals surface area contributed by atoms with Crippen LogP contribution in [0.4, 0.5) is 5.82 Å². The Labute approximate surface area is 96.3 Å². The summed E-state index contributed by atoms with van der Waals surface area (Å²) in [5.74, 6) is 1.75. The van der Waals surface area contributed by atoms with Crippen molar-refractivity contribution in [2.24, 2.45) is 5.92 Å². The van der Waals surface area contributed by atoms with Crippen LogP contribution in [0.3, 0.4) is 0 Å². The second-order valence-corrected chi connectivity index (χ2v) is 4.92. The first kappa shape index (κ1) is 10.7. The van der Waals surface area contributed by atoms with Crippen LogP contribution in [0, 0.1) is 5.92 Å². The summed E-state index contributed by atoms with van der Waals surface area (Å²) in [4.78, 5) is 6.79. The Bertz CT molecular complexity index is 321. The molecule has 0 bridgehead atoms. The van der Waals surface area contributed by atoms with E-state index in [1.165, 1.54) is 12.8 Å². The average molecular weight is 225 g/mol. The molecule has 0 amide bonds. The van der Waals surface area contributed by atoms with Gasteiger partial charge in [-0.3, -0.25) is 0 Å². The molecule has 1 aromatic rings. The molecule has 0 aromatic carbocycles. The third-order valence-corrected chi connectivity index (χ3v) is 3.30. The van der Waals surface area contributed by atoms with Gasteiger partial charge in [0.2, 0.25) is 0 Å². The van der Waals surface area contributed by atoms with Gasteiger partial charge in [-0.15, -0.1) is 0 Å². The lowest BCUT2D eigenvalue weighted by atomic mass is 10.0. The van der Waals surface area contributed by atoms with E-state index in [9.17, 15) is 0 Å². The average Bonchev–Trinajstić information content (AvgIpc) is 2.67. The van der Waals surface area contributed by atoms with Gasteiger partial charge in [-0.2, -0.15) is 0 Å². The maximum atomic E-state index is 5.84. The zero-order valence-corrected chi connectivity index (χ0v) is 10.0. The Balaban J connectivity index is 2.19. The monoisotopic (exact) mass is 224 g/mol. The lowest BCUT2D eigenvalue weighted by Gasteiger charge is -2.28. The minimum atomic E-state index is 0.638. The molecular weight excluding hydrogens is 208 g/mol. The Morgan fingerprint density at radius 3 is 2.87 bits per heavy atom. The van der Waals surface area contributed by atoms with Crippen LogP contribution >= 0.6 is 11.6 Å². The molecule has 15 heavy (non-hydrogen) atoms. The number of anilines is 1. The van der Waals surface area contributed by atoms with Crippen molar-refractivity contribution in [3.63, 3.8) is 0 Å². The lowest BCUT2D eigenvalue weighted by Crippen LogP contribution is -2.33. The van der Waals surface area contributed by atoms with Crippen molar-refractivity contribution in [2.45, 2.75) is 32.7 Å². The second-order valence-electron chi connectivity index (χ2n) is 4.48. The highest BCUT2D eigenvalue weighted by molar-refractivity contribution is 6.30. The topological polar surface area (TPSA) is 16.1 Å². The molecule has 1 aliphatic rings. The standard InChI is InChI=1S/C12H17ClN2/c1-9(2)11-4-3-7-15(11)12-6-5-10(13)8-14-12/h5-6,8-9,11H,3-4,7H2,1-2H3. The van der Waals surface area contributed by atoms with Gasteiger partial charge in [0.05, 0.1) is 5.02 Å². The summed E-state index contributed by atoms with van der Waals surface area (Å²) in [5.41, 5.74) is 0. The molecule has 1 aliphatic heterocycles. The first-order valence-electron chi connectivity index (χ1n) is 5.56. The van der Waals surface area contributed by atoms with Gasteiger partial charge in [0.25, 0.3) is 0 Å². The molecule has 82 valence electrons. The first-order valence-corrected chi connectivity index (χ1v) is 5.94. The fourth-order valence-corrected chi connectivity index (χ4v) is 2.42. The second kappa shape index (κ2) is 4.40. The van der Waals surface area contributed by atoms with Crippen molar-refractivity contribution >= 4 is 17.4 Å². The van der Waals surface area contributed by atoms with Crippen LogP contribution in [-0.2, 0) is 0 Å². The van der Waals surface area contributed by atoms with E-state index in [4.69, 9.17) is 11.6 Å². The molecule has 2 heterocycles. The molecule has 0 spiro atoms. The SMILES string of the molecule is CC(C)C1CCCN1c1ccc(Cl)cn1. The Kier molecular flexibility index (Phi) is 3.15. The third kappa shape index (κ3) is 2.25. The smallest absolute Gasteiger partial charge is 0.128 e. The van der Waals surface area contributed by atoms with Gasteiger partial charge in [-0.1, -0.05) is 25.4 Å². The van der Waals surface area contributed by atoms with Gasteiger partial charge in [0, 0.05) is 18.8 Å². The molecule has 1 aromatic heterocycles. The zero-order chi connectivity index (χ0) is 10.8. The van der Waals surface area contributed by atoms with Gasteiger partial charge in [0.1, 0.15) is 5.82 Å². The van der Waals surface area contributed by atoms with Crippen LogP contribution in [-0.4, -0.2) is 17.6 Å². The van der Waals surface area contributed by atoms with Crippen LogP contribution in [0.25, 0.3) is 0 Å². The van der Waals surface area contributed by atoms with Crippen molar-refractivity contribution in [1.29, 1.82) is 0 Å². The number of pyridine rings is 1. The van der Waals surface area contributed by atoms with Crippen molar-refractivity contribution in [3.05, 3.63) is 23.4 Å². The third-order valence-electron chi connectivity index (χ3n) is 3.07. The van der Waals surface area contributed by atoms with Crippen LogP contribution in [0.2, 0.25) is 5.02 Å².